The van der Waals surface area contributed by atoms with Gasteiger partial charge in [0.25, 0.3) is 5.91 Å². The average Bonchev–Trinajstić information content (AvgIpc) is 3.20. The maximum Gasteiger partial charge on any atom is 0.264 e. The molecule has 5 nitrogen and oxygen atoms in total. The predicted octanol–water partition coefficient (Wildman–Crippen LogP) is 6.16. The molecule has 0 saturated carbocycles. The van der Waals surface area contributed by atoms with Gasteiger partial charge < -0.3 is 9.47 Å². The Morgan fingerprint density at radius 1 is 1.00 bits per heavy atom. The summed E-state index contributed by atoms with van der Waals surface area (Å²) >= 11 is 1.42. The van der Waals surface area contributed by atoms with Gasteiger partial charge >= 0.3 is 0 Å². The summed E-state index contributed by atoms with van der Waals surface area (Å²) in [5.41, 5.74) is 2.83. The number of para-hydroxylation sites is 1. The van der Waals surface area contributed by atoms with E-state index in [2.05, 4.69) is 17.2 Å². The highest BCUT2D eigenvalue weighted by atomic mass is 32.1. The van der Waals surface area contributed by atoms with Gasteiger partial charge in [0.1, 0.15) is 11.5 Å². The van der Waals surface area contributed by atoms with Crippen LogP contribution in [0.3, 0.4) is 0 Å². The van der Waals surface area contributed by atoms with Gasteiger partial charge in [-0.05, 0) is 36.2 Å². The smallest absolute Gasteiger partial charge is 0.264 e. The first kappa shape index (κ1) is 20.9. The topological polar surface area (TPSA) is 60.5 Å². The van der Waals surface area contributed by atoms with Crippen LogP contribution in [-0.2, 0) is 4.79 Å². The zero-order valence-corrected chi connectivity index (χ0v) is 18.2. The van der Waals surface area contributed by atoms with Crippen molar-refractivity contribution in [2.75, 3.05) is 18.5 Å². The van der Waals surface area contributed by atoms with Crippen LogP contribution >= 0.6 is 11.3 Å². The van der Waals surface area contributed by atoms with Crippen molar-refractivity contribution in [2.45, 2.75) is 19.8 Å². The third kappa shape index (κ3) is 5.41. The van der Waals surface area contributed by atoms with Crippen molar-refractivity contribution in [2.24, 2.45) is 0 Å². The van der Waals surface area contributed by atoms with Gasteiger partial charge in [0.15, 0.2) is 11.7 Å². The fraction of sp³-hybridized carbons (Fsp3) is 0.200. The number of hydrogen-bond donors (Lipinski definition) is 1. The average molecular weight is 433 g/mol. The Balaban J connectivity index is 1.39. The Kier molecular flexibility index (Phi) is 6.79. The zero-order valence-electron chi connectivity index (χ0n) is 17.3. The van der Waals surface area contributed by atoms with E-state index in [1.165, 1.54) is 11.3 Å². The number of rotatable bonds is 9. The minimum atomic E-state index is -0.249. The van der Waals surface area contributed by atoms with Gasteiger partial charge in [0.2, 0.25) is 0 Å². The maximum absolute atomic E-state index is 12.5. The molecule has 4 rings (SSSR count). The molecule has 4 aromatic rings. The van der Waals surface area contributed by atoms with E-state index in [-0.39, 0.29) is 12.5 Å². The Labute approximate surface area is 185 Å². The highest BCUT2D eigenvalue weighted by Crippen LogP contribution is 2.31. The minimum Gasteiger partial charge on any atom is -0.494 e. The Morgan fingerprint density at radius 3 is 2.65 bits per heavy atom. The monoisotopic (exact) mass is 432 g/mol. The largest absolute Gasteiger partial charge is 0.494 e. The summed E-state index contributed by atoms with van der Waals surface area (Å²) < 4.78 is 12.5. The van der Waals surface area contributed by atoms with E-state index in [1.807, 2.05) is 72.8 Å². The number of thiazole rings is 1. The molecule has 0 atom stereocenters. The molecule has 3 aromatic carbocycles. The second kappa shape index (κ2) is 10.1. The van der Waals surface area contributed by atoms with E-state index in [1.54, 1.807) is 0 Å². The van der Waals surface area contributed by atoms with Crippen molar-refractivity contribution in [3.63, 3.8) is 0 Å². The van der Waals surface area contributed by atoms with Crippen molar-refractivity contribution in [3.8, 4) is 22.6 Å². The quantitative estimate of drug-likeness (QED) is 0.322. The molecule has 0 unspecified atom stereocenters. The van der Waals surface area contributed by atoms with E-state index in [9.17, 15) is 4.79 Å². The number of nitrogens with zero attached hydrogens (tertiary/aromatic N) is 1. The van der Waals surface area contributed by atoms with E-state index in [4.69, 9.17) is 9.47 Å². The Morgan fingerprint density at radius 2 is 1.81 bits per heavy atom. The van der Waals surface area contributed by atoms with Gasteiger partial charge in [-0.15, -0.1) is 0 Å². The SMILES string of the molecule is CCCCOc1ccc2nc(NC(=O)COc3ccccc3-c3ccccc3)sc2c1. The molecule has 1 amide bonds. The molecule has 1 aromatic heterocycles. The number of anilines is 1. The molecule has 0 bridgehead atoms. The van der Waals surface area contributed by atoms with Crippen LogP contribution in [0.1, 0.15) is 19.8 Å². The van der Waals surface area contributed by atoms with Gasteiger partial charge in [-0.1, -0.05) is 73.2 Å². The number of fused-ring (bicyclic) bond motifs is 1. The number of carbonyl (C=O) groups is 1. The predicted molar refractivity (Wildman–Crippen MR) is 126 cm³/mol. The van der Waals surface area contributed by atoms with Gasteiger partial charge in [-0.2, -0.15) is 0 Å². The molecular formula is C25H24N2O3S. The number of benzene rings is 3. The van der Waals surface area contributed by atoms with Gasteiger partial charge in [0, 0.05) is 5.56 Å². The molecule has 0 spiro atoms. The maximum atomic E-state index is 12.5. The Hall–Kier alpha value is -3.38. The molecule has 6 heteroatoms. The van der Waals surface area contributed by atoms with Crippen molar-refractivity contribution in [1.29, 1.82) is 0 Å². The summed E-state index contributed by atoms with van der Waals surface area (Å²) in [5.74, 6) is 1.24. The number of unbranched alkanes of at least 4 members (excludes halogenated alkanes) is 1. The second-order valence-electron chi connectivity index (χ2n) is 7.05. The molecular weight excluding hydrogens is 408 g/mol. The van der Waals surface area contributed by atoms with E-state index >= 15 is 0 Å². The first-order valence-corrected chi connectivity index (χ1v) is 11.1. The Bertz CT molecular complexity index is 1160. The number of ether oxygens (including phenoxy) is 2. The summed E-state index contributed by atoms with van der Waals surface area (Å²) in [6.07, 6.45) is 2.12. The van der Waals surface area contributed by atoms with Crippen LogP contribution in [0.15, 0.2) is 72.8 Å². The van der Waals surface area contributed by atoms with Gasteiger partial charge in [-0.25, -0.2) is 4.98 Å². The molecule has 0 radical (unpaired) electrons. The van der Waals surface area contributed by atoms with Crippen molar-refractivity contribution >= 4 is 32.6 Å². The van der Waals surface area contributed by atoms with Crippen LogP contribution in [-0.4, -0.2) is 24.1 Å². The van der Waals surface area contributed by atoms with Crippen LogP contribution in [0.2, 0.25) is 0 Å². The van der Waals surface area contributed by atoms with Crippen LogP contribution in [0.5, 0.6) is 11.5 Å². The lowest BCUT2D eigenvalue weighted by molar-refractivity contribution is -0.118. The summed E-state index contributed by atoms with van der Waals surface area (Å²) in [4.78, 5) is 16.9. The first-order chi connectivity index (χ1) is 15.2. The standard InChI is InChI=1S/C25H24N2O3S/c1-2-3-15-29-19-13-14-21-23(16-19)31-25(26-21)27-24(28)17-30-22-12-8-7-11-20(22)18-9-5-4-6-10-18/h4-14,16H,2-3,15,17H2,1H3,(H,26,27,28). The second-order valence-corrected chi connectivity index (χ2v) is 8.08. The summed E-state index contributed by atoms with van der Waals surface area (Å²) in [6, 6.07) is 23.4. The van der Waals surface area contributed by atoms with Crippen molar-refractivity contribution < 1.29 is 14.3 Å². The first-order valence-electron chi connectivity index (χ1n) is 10.3. The lowest BCUT2D eigenvalue weighted by atomic mass is 10.1. The lowest BCUT2D eigenvalue weighted by Gasteiger charge is -2.11. The minimum absolute atomic E-state index is 0.0921. The molecule has 158 valence electrons. The molecule has 0 aliphatic carbocycles. The molecule has 0 fully saturated rings. The summed E-state index contributed by atoms with van der Waals surface area (Å²) in [7, 11) is 0. The van der Waals surface area contributed by atoms with Crippen molar-refractivity contribution in [1.82, 2.24) is 4.98 Å². The van der Waals surface area contributed by atoms with Crippen LogP contribution in [0, 0.1) is 0 Å². The van der Waals surface area contributed by atoms with Crippen molar-refractivity contribution in [3.05, 3.63) is 72.8 Å². The number of amides is 1. The molecule has 0 saturated heterocycles. The third-order valence-corrected chi connectivity index (χ3v) is 5.64. The summed E-state index contributed by atoms with van der Waals surface area (Å²) in [6.45, 7) is 2.74. The molecule has 0 aliphatic heterocycles. The van der Waals surface area contributed by atoms with Gasteiger partial charge in [0.05, 0.1) is 16.8 Å². The highest BCUT2D eigenvalue weighted by Gasteiger charge is 2.11. The van der Waals surface area contributed by atoms with Crippen LogP contribution in [0.25, 0.3) is 21.3 Å². The fourth-order valence-electron chi connectivity index (χ4n) is 3.13. The number of nitrogens with one attached hydrogen (secondary N) is 1. The molecule has 0 aliphatic rings. The van der Waals surface area contributed by atoms with Crippen LogP contribution in [0.4, 0.5) is 5.13 Å². The lowest BCUT2D eigenvalue weighted by Crippen LogP contribution is -2.20. The summed E-state index contributed by atoms with van der Waals surface area (Å²) in [5, 5.41) is 3.38. The van der Waals surface area contributed by atoms with E-state index < -0.39 is 0 Å². The van der Waals surface area contributed by atoms with E-state index in [0.29, 0.717) is 17.5 Å². The molecule has 1 heterocycles. The van der Waals surface area contributed by atoms with Crippen LogP contribution < -0.4 is 14.8 Å². The highest BCUT2D eigenvalue weighted by molar-refractivity contribution is 7.22. The van der Waals surface area contributed by atoms with Gasteiger partial charge in [-0.3, -0.25) is 10.1 Å². The molecule has 1 N–H and O–H groups in total. The third-order valence-electron chi connectivity index (χ3n) is 4.70. The number of carbonyl (C=O) groups excluding carboxylic acids is 1. The van der Waals surface area contributed by atoms with E-state index in [0.717, 1.165) is 39.9 Å². The zero-order chi connectivity index (χ0) is 21.5. The number of hydrogen-bond acceptors (Lipinski definition) is 5. The molecule has 31 heavy (non-hydrogen) atoms. The normalized spacial score (nSPS) is 10.7. The fourth-order valence-corrected chi connectivity index (χ4v) is 4.04. The number of aromatic nitrogens is 1.